The number of hydrogen-bond acceptors (Lipinski definition) is 7. The van der Waals surface area contributed by atoms with Crippen molar-refractivity contribution in [3.63, 3.8) is 0 Å². The van der Waals surface area contributed by atoms with Crippen LogP contribution in [0.1, 0.15) is 47.5 Å². The number of methoxy groups -OCH3 is 1. The SMILES string of the molecule is CO[C@H]1C[C@H](C)CC2=CC(=O)C=C(NC(=O)/C(C)=C/C=C\[C@H](C)[C@@H](OC=O)/C(C)=C/[C@H](C)[C@H]1O)C2=O. The molecule has 0 saturated carbocycles. The molecule has 6 atom stereocenters. The highest BCUT2D eigenvalue weighted by Gasteiger charge is 2.30. The Balaban J connectivity index is 2.48. The smallest absolute Gasteiger partial charge is 0.293 e. The maximum absolute atomic E-state index is 13.0. The second kappa shape index (κ2) is 13.3. The van der Waals surface area contributed by atoms with Crippen LogP contribution in [0.25, 0.3) is 0 Å². The molecule has 0 unspecified atom stereocenters. The van der Waals surface area contributed by atoms with Crippen LogP contribution >= 0.6 is 0 Å². The molecular weight excluding hydrogens is 462 g/mol. The number of carbonyl (C=O) groups is 4. The van der Waals surface area contributed by atoms with E-state index in [1.807, 2.05) is 33.8 Å². The minimum atomic E-state index is -0.852. The molecule has 0 fully saturated rings. The zero-order valence-corrected chi connectivity index (χ0v) is 21.8. The van der Waals surface area contributed by atoms with E-state index in [0.29, 0.717) is 24.0 Å². The lowest BCUT2D eigenvalue weighted by Crippen LogP contribution is -2.35. The number of hydrogen-bond donors (Lipinski definition) is 2. The Morgan fingerprint density at radius 2 is 1.78 bits per heavy atom. The van der Waals surface area contributed by atoms with Crippen molar-refractivity contribution in [2.24, 2.45) is 17.8 Å². The highest BCUT2D eigenvalue weighted by molar-refractivity contribution is 6.21. The summed E-state index contributed by atoms with van der Waals surface area (Å²) < 4.78 is 10.9. The number of allylic oxidation sites excluding steroid dienone is 5. The third-order valence-electron chi connectivity index (χ3n) is 6.59. The predicted molar refractivity (Wildman–Crippen MR) is 135 cm³/mol. The molecule has 8 heteroatoms. The third kappa shape index (κ3) is 7.70. The summed E-state index contributed by atoms with van der Waals surface area (Å²) in [7, 11) is 1.52. The Hall–Kier alpha value is -3.10. The molecule has 0 aromatic rings. The lowest BCUT2D eigenvalue weighted by Gasteiger charge is -2.29. The Bertz CT molecular complexity index is 1020. The van der Waals surface area contributed by atoms with Crippen LogP contribution in [-0.2, 0) is 28.7 Å². The van der Waals surface area contributed by atoms with Crippen molar-refractivity contribution in [2.45, 2.75) is 65.8 Å². The first-order chi connectivity index (χ1) is 17.0. The molecule has 8 nitrogen and oxygen atoms in total. The van der Waals surface area contributed by atoms with Crippen LogP contribution in [0.3, 0.4) is 0 Å². The summed E-state index contributed by atoms with van der Waals surface area (Å²) in [6.45, 7) is 9.48. The van der Waals surface area contributed by atoms with Gasteiger partial charge in [0, 0.05) is 36.2 Å². The highest BCUT2D eigenvalue weighted by Crippen LogP contribution is 2.27. The van der Waals surface area contributed by atoms with E-state index >= 15 is 0 Å². The Morgan fingerprint density at radius 3 is 2.42 bits per heavy atom. The van der Waals surface area contributed by atoms with Gasteiger partial charge in [0.1, 0.15) is 6.10 Å². The Morgan fingerprint density at radius 1 is 1.08 bits per heavy atom. The number of ether oxygens (including phenoxy) is 2. The quantitative estimate of drug-likeness (QED) is 0.348. The summed E-state index contributed by atoms with van der Waals surface area (Å²) in [6, 6.07) is 0. The summed E-state index contributed by atoms with van der Waals surface area (Å²) in [5, 5.41) is 13.6. The van der Waals surface area contributed by atoms with Gasteiger partial charge in [0.05, 0.1) is 17.9 Å². The van der Waals surface area contributed by atoms with Crippen molar-refractivity contribution in [1.29, 1.82) is 0 Å². The summed E-state index contributed by atoms with van der Waals surface area (Å²) in [5.74, 6) is -1.91. The molecule has 2 rings (SSSR count). The largest absolute Gasteiger partial charge is 0.459 e. The van der Waals surface area contributed by atoms with E-state index in [0.717, 1.165) is 11.6 Å². The number of carbonyl (C=O) groups excluding carboxylic acids is 4. The van der Waals surface area contributed by atoms with Gasteiger partial charge in [-0.2, -0.15) is 0 Å². The molecule has 0 aromatic heterocycles. The molecule has 1 amide bonds. The van der Waals surface area contributed by atoms with Gasteiger partial charge < -0.3 is 19.9 Å². The van der Waals surface area contributed by atoms with Gasteiger partial charge in [-0.15, -0.1) is 0 Å². The van der Waals surface area contributed by atoms with Gasteiger partial charge in [0.25, 0.3) is 12.4 Å². The second-order valence-electron chi connectivity index (χ2n) is 9.74. The summed E-state index contributed by atoms with van der Waals surface area (Å²) in [4.78, 5) is 49.1. The van der Waals surface area contributed by atoms with E-state index in [1.165, 1.54) is 13.2 Å². The van der Waals surface area contributed by atoms with Crippen molar-refractivity contribution in [3.05, 3.63) is 58.9 Å². The average Bonchev–Trinajstić information content (AvgIpc) is 2.82. The normalized spacial score (nSPS) is 34.8. The lowest BCUT2D eigenvalue weighted by molar-refractivity contribution is -0.133. The van der Waals surface area contributed by atoms with E-state index in [1.54, 1.807) is 25.2 Å². The molecular formula is C28H37NO7. The third-order valence-corrected chi connectivity index (χ3v) is 6.59. The lowest BCUT2D eigenvalue weighted by atomic mass is 9.86. The molecule has 1 heterocycles. The standard InChI is InChI=1S/C28H37NO7/c1-16-10-21-13-22(31)14-23(26(21)33)29-28(34)18(3)9-7-8-17(2)27(36-15-30)20(5)12-19(4)25(32)24(11-16)35-6/h7-9,12-17,19,24-25,27,32H,10-11H2,1-6H3,(H,29,34)/b8-7-,18-9+,20-12+/t16-,17+,19+,24+,25-,27-/m1/s1. The number of nitrogens with one attached hydrogen (secondary N) is 1. The monoisotopic (exact) mass is 499 g/mol. The molecule has 0 spiro atoms. The first kappa shape index (κ1) is 29.1. The van der Waals surface area contributed by atoms with Gasteiger partial charge in [-0.1, -0.05) is 45.1 Å². The molecule has 2 bridgehead atoms. The van der Waals surface area contributed by atoms with Crippen LogP contribution < -0.4 is 5.32 Å². The van der Waals surface area contributed by atoms with E-state index in [-0.39, 0.29) is 35.7 Å². The molecule has 2 aliphatic rings. The van der Waals surface area contributed by atoms with Crippen LogP contribution in [0.5, 0.6) is 0 Å². The molecule has 0 saturated heterocycles. The molecule has 0 aromatic carbocycles. The fourth-order valence-corrected chi connectivity index (χ4v) is 4.56. The summed E-state index contributed by atoms with van der Waals surface area (Å²) >= 11 is 0. The van der Waals surface area contributed by atoms with Crippen molar-refractivity contribution in [2.75, 3.05) is 7.11 Å². The first-order valence-corrected chi connectivity index (χ1v) is 12.1. The Labute approximate surface area is 212 Å². The van der Waals surface area contributed by atoms with Gasteiger partial charge in [-0.25, -0.2) is 0 Å². The van der Waals surface area contributed by atoms with Crippen molar-refractivity contribution in [3.8, 4) is 0 Å². The van der Waals surface area contributed by atoms with E-state index in [4.69, 9.17) is 9.47 Å². The second-order valence-corrected chi connectivity index (χ2v) is 9.74. The Kier molecular flexibility index (Phi) is 10.7. The molecule has 0 radical (unpaired) electrons. The number of Topliss-reactive ketones (excluding diaryl/α,β-unsaturated/α-hetero) is 1. The fraction of sp³-hybridized carbons (Fsp3) is 0.500. The van der Waals surface area contributed by atoms with E-state index < -0.39 is 30.0 Å². The first-order valence-electron chi connectivity index (χ1n) is 12.1. The van der Waals surface area contributed by atoms with Gasteiger partial charge in [-0.05, 0) is 44.3 Å². The van der Waals surface area contributed by atoms with Crippen LogP contribution in [0.4, 0.5) is 0 Å². The topological polar surface area (TPSA) is 119 Å². The van der Waals surface area contributed by atoms with Crippen LogP contribution in [-0.4, -0.2) is 54.5 Å². The summed E-state index contributed by atoms with van der Waals surface area (Å²) in [6.07, 6.45) is 8.14. The van der Waals surface area contributed by atoms with Gasteiger partial charge in [-0.3, -0.25) is 19.2 Å². The molecule has 2 N–H and O–H groups in total. The number of fused-ring (bicyclic) bond motifs is 2. The van der Waals surface area contributed by atoms with Crippen molar-refractivity contribution < 1.29 is 33.8 Å². The number of ketones is 2. The van der Waals surface area contributed by atoms with Crippen LogP contribution in [0.2, 0.25) is 0 Å². The maximum atomic E-state index is 13.0. The molecule has 1 aliphatic heterocycles. The van der Waals surface area contributed by atoms with E-state index in [2.05, 4.69) is 5.32 Å². The molecule has 196 valence electrons. The number of amides is 1. The maximum Gasteiger partial charge on any atom is 0.293 e. The van der Waals surface area contributed by atoms with Crippen LogP contribution in [0, 0.1) is 17.8 Å². The minimum absolute atomic E-state index is 0.0612. The number of rotatable bonds is 3. The van der Waals surface area contributed by atoms with Crippen molar-refractivity contribution in [1.82, 2.24) is 5.32 Å². The zero-order valence-electron chi connectivity index (χ0n) is 21.8. The summed E-state index contributed by atoms with van der Waals surface area (Å²) in [5.41, 5.74) is 1.36. The number of aliphatic hydroxyl groups is 1. The van der Waals surface area contributed by atoms with Crippen molar-refractivity contribution >= 4 is 23.9 Å². The predicted octanol–water partition coefficient (Wildman–Crippen LogP) is 3.13. The minimum Gasteiger partial charge on any atom is -0.459 e. The van der Waals surface area contributed by atoms with E-state index in [9.17, 15) is 24.3 Å². The molecule has 36 heavy (non-hydrogen) atoms. The fourth-order valence-electron chi connectivity index (χ4n) is 4.56. The zero-order chi connectivity index (χ0) is 27.0. The highest BCUT2D eigenvalue weighted by atomic mass is 16.5. The van der Waals surface area contributed by atoms with Gasteiger partial charge in [0.15, 0.2) is 5.78 Å². The molecule has 1 aliphatic carbocycles. The van der Waals surface area contributed by atoms with Gasteiger partial charge >= 0.3 is 0 Å². The number of aliphatic hydroxyl groups excluding tert-OH is 1. The van der Waals surface area contributed by atoms with Gasteiger partial charge in [0.2, 0.25) is 5.78 Å². The average molecular weight is 500 g/mol. The van der Waals surface area contributed by atoms with Crippen LogP contribution in [0.15, 0.2) is 58.9 Å².